The van der Waals surface area contributed by atoms with Crippen molar-refractivity contribution in [1.29, 1.82) is 0 Å². The lowest BCUT2D eigenvalue weighted by molar-refractivity contribution is -0.145. The first-order valence-electron chi connectivity index (χ1n) is 7.87. The number of anilines is 2. The van der Waals surface area contributed by atoms with E-state index in [0.29, 0.717) is 22.3 Å². The summed E-state index contributed by atoms with van der Waals surface area (Å²) >= 11 is 5.94. The summed E-state index contributed by atoms with van der Waals surface area (Å²) in [6.07, 6.45) is 1.58. The van der Waals surface area contributed by atoms with Crippen LogP contribution in [0.25, 0.3) is 0 Å². The summed E-state index contributed by atoms with van der Waals surface area (Å²) < 4.78 is 5.78. The van der Waals surface area contributed by atoms with E-state index in [1.54, 1.807) is 42.6 Å². The predicted molar refractivity (Wildman–Crippen MR) is 96.0 cm³/mol. The standard InChI is InChI=1S/C18H18ClN3O3/c1-11(2)22-15-14(8-5-9-20-15)25-18(3,17(22)24)16(23)21-13-7-4-6-12(19)10-13/h4-11H,1-3H3,(H,21,23). The highest BCUT2D eigenvalue weighted by Crippen LogP contribution is 2.37. The maximum atomic E-state index is 13.0. The van der Waals surface area contributed by atoms with Gasteiger partial charge < -0.3 is 10.1 Å². The lowest BCUT2D eigenvalue weighted by atomic mass is 9.99. The number of rotatable bonds is 3. The number of carbonyl (C=O) groups excluding carboxylic acids is 2. The molecule has 25 heavy (non-hydrogen) atoms. The fourth-order valence-electron chi connectivity index (χ4n) is 2.67. The van der Waals surface area contributed by atoms with Gasteiger partial charge in [-0.25, -0.2) is 4.98 Å². The third kappa shape index (κ3) is 3.05. The van der Waals surface area contributed by atoms with E-state index in [0.717, 1.165) is 0 Å². The van der Waals surface area contributed by atoms with E-state index in [1.165, 1.54) is 11.8 Å². The molecule has 1 unspecified atom stereocenters. The van der Waals surface area contributed by atoms with Gasteiger partial charge in [-0.3, -0.25) is 14.5 Å². The van der Waals surface area contributed by atoms with E-state index in [1.807, 2.05) is 13.8 Å². The Bertz CT molecular complexity index is 840. The number of hydrogen-bond donors (Lipinski definition) is 1. The topological polar surface area (TPSA) is 71.5 Å². The minimum Gasteiger partial charge on any atom is -0.464 e. The second kappa shape index (κ2) is 6.37. The first kappa shape index (κ1) is 17.2. The van der Waals surface area contributed by atoms with Crippen molar-refractivity contribution in [1.82, 2.24) is 4.98 Å². The van der Waals surface area contributed by atoms with E-state index < -0.39 is 17.4 Å². The van der Waals surface area contributed by atoms with Crippen molar-refractivity contribution >= 4 is 34.9 Å². The molecule has 1 aromatic carbocycles. The van der Waals surface area contributed by atoms with Gasteiger partial charge in [-0.15, -0.1) is 0 Å². The van der Waals surface area contributed by atoms with Gasteiger partial charge in [-0.1, -0.05) is 17.7 Å². The van der Waals surface area contributed by atoms with Crippen LogP contribution in [-0.2, 0) is 9.59 Å². The third-order valence-electron chi connectivity index (χ3n) is 3.95. The molecule has 1 aliphatic heterocycles. The Morgan fingerprint density at radius 1 is 1.32 bits per heavy atom. The Morgan fingerprint density at radius 3 is 2.76 bits per heavy atom. The number of benzene rings is 1. The highest BCUT2D eigenvalue weighted by Gasteiger charge is 2.51. The van der Waals surface area contributed by atoms with Gasteiger partial charge in [0.15, 0.2) is 11.6 Å². The van der Waals surface area contributed by atoms with Crippen molar-refractivity contribution in [2.24, 2.45) is 0 Å². The number of nitrogens with one attached hydrogen (secondary N) is 1. The Balaban J connectivity index is 1.97. The number of fused-ring (bicyclic) bond motifs is 1. The number of amides is 2. The number of halogens is 1. The smallest absolute Gasteiger partial charge is 0.282 e. The van der Waals surface area contributed by atoms with Gasteiger partial charge in [0.2, 0.25) is 0 Å². The third-order valence-corrected chi connectivity index (χ3v) is 4.19. The monoisotopic (exact) mass is 359 g/mol. The second-order valence-corrected chi connectivity index (χ2v) is 6.63. The second-order valence-electron chi connectivity index (χ2n) is 6.19. The van der Waals surface area contributed by atoms with Crippen LogP contribution in [0.15, 0.2) is 42.6 Å². The van der Waals surface area contributed by atoms with Crippen molar-refractivity contribution in [3.05, 3.63) is 47.6 Å². The van der Waals surface area contributed by atoms with E-state index in [9.17, 15) is 9.59 Å². The van der Waals surface area contributed by atoms with Gasteiger partial charge in [0.1, 0.15) is 0 Å². The van der Waals surface area contributed by atoms with Crippen molar-refractivity contribution in [3.8, 4) is 5.75 Å². The molecule has 0 spiro atoms. The molecule has 1 N–H and O–H groups in total. The van der Waals surface area contributed by atoms with Crippen molar-refractivity contribution < 1.29 is 14.3 Å². The summed E-state index contributed by atoms with van der Waals surface area (Å²) in [5.74, 6) is -0.233. The summed E-state index contributed by atoms with van der Waals surface area (Å²) in [6.45, 7) is 5.18. The van der Waals surface area contributed by atoms with Crippen LogP contribution in [0.3, 0.4) is 0 Å². The van der Waals surface area contributed by atoms with Crippen molar-refractivity contribution in [2.75, 3.05) is 10.2 Å². The number of ether oxygens (including phenoxy) is 1. The Labute approximate surface area is 150 Å². The molecular weight excluding hydrogens is 342 g/mol. The molecule has 3 rings (SSSR count). The molecule has 2 amide bonds. The largest absolute Gasteiger partial charge is 0.464 e. The molecule has 1 atom stereocenters. The normalized spacial score (nSPS) is 19.4. The minimum atomic E-state index is -1.71. The zero-order valence-corrected chi connectivity index (χ0v) is 14.9. The first-order valence-corrected chi connectivity index (χ1v) is 8.25. The molecule has 130 valence electrons. The fourth-order valence-corrected chi connectivity index (χ4v) is 2.86. The molecule has 7 heteroatoms. The SMILES string of the molecule is CC(C)N1C(=O)C(C)(C(=O)Nc2cccc(Cl)c2)Oc2cccnc21. The van der Waals surface area contributed by atoms with Crippen LogP contribution in [0.4, 0.5) is 11.5 Å². The maximum Gasteiger partial charge on any atom is 0.282 e. The van der Waals surface area contributed by atoms with E-state index in [4.69, 9.17) is 16.3 Å². The molecule has 0 aliphatic carbocycles. The molecule has 0 fully saturated rings. The number of aromatic nitrogens is 1. The molecule has 0 radical (unpaired) electrons. The van der Waals surface area contributed by atoms with Crippen LogP contribution in [0.1, 0.15) is 20.8 Å². The highest BCUT2D eigenvalue weighted by atomic mass is 35.5. The molecule has 1 aromatic heterocycles. The van der Waals surface area contributed by atoms with Crippen LogP contribution in [-0.4, -0.2) is 28.4 Å². The Kier molecular flexibility index (Phi) is 4.39. The number of carbonyl (C=O) groups is 2. The van der Waals surface area contributed by atoms with Gasteiger partial charge in [-0.2, -0.15) is 0 Å². The molecule has 0 bridgehead atoms. The van der Waals surface area contributed by atoms with E-state index in [-0.39, 0.29) is 6.04 Å². The Morgan fingerprint density at radius 2 is 2.08 bits per heavy atom. The Hall–Kier alpha value is -2.60. The van der Waals surface area contributed by atoms with Crippen LogP contribution in [0.5, 0.6) is 5.75 Å². The van der Waals surface area contributed by atoms with Gasteiger partial charge in [0.25, 0.3) is 17.4 Å². The predicted octanol–water partition coefficient (Wildman–Crippen LogP) is 3.27. The van der Waals surface area contributed by atoms with Crippen LogP contribution in [0.2, 0.25) is 5.02 Å². The average Bonchev–Trinajstić information content (AvgIpc) is 2.55. The van der Waals surface area contributed by atoms with E-state index in [2.05, 4.69) is 10.3 Å². The quantitative estimate of drug-likeness (QED) is 0.854. The lowest BCUT2D eigenvalue weighted by Gasteiger charge is -2.40. The first-order chi connectivity index (χ1) is 11.8. The highest BCUT2D eigenvalue weighted by molar-refractivity contribution is 6.31. The van der Waals surface area contributed by atoms with Gasteiger partial charge in [0, 0.05) is 22.9 Å². The number of hydrogen-bond acceptors (Lipinski definition) is 4. The van der Waals surface area contributed by atoms with Crippen LogP contribution >= 0.6 is 11.6 Å². The molecule has 2 aromatic rings. The summed E-state index contributed by atoms with van der Waals surface area (Å²) in [6, 6.07) is 9.91. The van der Waals surface area contributed by atoms with Crippen LogP contribution in [0, 0.1) is 0 Å². The summed E-state index contributed by atoms with van der Waals surface area (Å²) in [5, 5.41) is 3.18. The number of pyridine rings is 1. The minimum absolute atomic E-state index is 0.177. The average molecular weight is 360 g/mol. The van der Waals surface area contributed by atoms with E-state index >= 15 is 0 Å². The fraction of sp³-hybridized carbons (Fsp3) is 0.278. The summed E-state index contributed by atoms with van der Waals surface area (Å²) in [7, 11) is 0. The molecule has 0 saturated carbocycles. The van der Waals surface area contributed by atoms with Gasteiger partial charge in [-0.05, 0) is 51.1 Å². The maximum absolute atomic E-state index is 13.0. The van der Waals surface area contributed by atoms with Gasteiger partial charge >= 0.3 is 0 Å². The molecule has 6 nitrogen and oxygen atoms in total. The van der Waals surface area contributed by atoms with Gasteiger partial charge in [0.05, 0.1) is 0 Å². The molecule has 2 heterocycles. The molecular formula is C18H18ClN3O3. The zero-order chi connectivity index (χ0) is 18.2. The zero-order valence-electron chi connectivity index (χ0n) is 14.1. The lowest BCUT2D eigenvalue weighted by Crippen LogP contribution is -2.62. The molecule has 0 saturated heterocycles. The molecule has 1 aliphatic rings. The van der Waals surface area contributed by atoms with Crippen molar-refractivity contribution in [3.63, 3.8) is 0 Å². The van der Waals surface area contributed by atoms with Crippen LogP contribution < -0.4 is 15.0 Å². The number of nitrogens with zero attached hydrogens (tertiary/aromatic N) is 2. The summed E-state index contributed by atoms with van der Waals surface area (Å²) in [5.41, 5.74) is -1.22. The van der Waals surface area contributed by atoms with Crippen molar-refractivity contribution in [2.45, 2.75) is 32.4 Å². The summed E-state index contributed by atoms with van der Waals surface area (Å²) in [4.78, 5) is 31.6.